The maximum absolute atomic E-state index is 12.3. The summed E-state index contributed by atoms with van der Waals surface area (Å²) in [5.41, 5.74) is 0.132. The SMILES string of the molecule is CCOc1c(Cl)cc(C(=O)O[C@@H](C)C(=O)Nc2cc(C)on2)cc1OC. The van der Waals surface area contributed by atoms with E-state index in [9.17, 15) is 9.59 Å². The molecule has 0 spiro atoms. The van der Waals surface area contributed by atoms with E-state index >= 15 is 0 Å². The van der Waals surface area contributed by atoms with Gasteiger partial charge in [0.15, 0.2) is 23.4 Å². The molecule has 8 nitrogen and oxygen atoms in total. The smallest absolute Gasteiger partial charge is 0.339 e. The van der Waals surface area contributed by atoms with Gasteiger partial charge in [-0.3, -0.25) is 4.79 Å². The topological polar surface area (TPSA) is 99.9 Å². The molecular formula is C17H19ClN2O6. The van der Waals surface area contributed by atoms with Gasteiger partial charge in [0.05, 0.1) is 24.3 Å². The predicted molar refractivity (Wildman–Crippen MR) is 93.9 cm³/mol. The van der Waals surface area contributed by atoms with E-state index in [1.165, 1.54) is 26.2 Å². The fourth-order valence-corrected chi connectivity index (χ4v) is 2.32. The van der Waals surface area contributed by atoms with Crippen LogP contribution >= 0.6 is 11.6 Å². The zero-order valence-corrected chi connectivity index (χ0v) is 15.5. The summed E-state index contributed by atoms with van der Waals surface area (Å²) in [5.74, 6) is 0.131. The summed E-state index contributed by atoms with van der Waals surface area (Å²) in [4.78, 5) is 24.4. The Bertz CT molecular complexity index is 805. The van der Waals surface area contributed by atoms with Crippen molar-refractivity contribution in [2.45, 2.75) is 26.9 Å². The Morgan fingerprint density at radius 3 is 2.65 bits per heavy atom. The first-order valence-electron chi connectivity index (χ1n) is 7.81. The van der Waals surface area contributed by atoms with Crippen molar-refractivity contribution in [3.63, 3.8) is 0 Å². The molecule has 0 aliphatic rings. The van der Waals surface area contributed by atoms with Crippen molar-refractivity contribution in [1.29, 1.82) is 0 Å². The van der Waals surface area contributed by atoms with Crippen LogP contribution in [0, 0.1) is 6.92 Å². The van der Waals surface area contributed by atoms with Gasteiger partial charge >= 0.3 is 5.97 Å². The number of esters is 1. The Hall–Kier alpha value is -2.74. The van der Waals surface area contributed by atoms with E-state index in [0.717, 1.165) is 0 Å². The van der Waals surface area contributed by atoms with Crippen LogP contribution in [0.15, 0.2) is 22.7 Å². The molecule has 1 aromatic heterocycles. The zero-order chi connectivity index (χ0) is 19.3. The molecule has 1 N–H and O–H groups in total. The summed E-state index contributed by atoms with van der Waals surface area (Å²) < 4.78 is 20.6. The quantitative estimate of drug-likeness (QED) is 0.733. The van der Waals surface area contributed by atoms with Gasteiger partial charge in [-0.2, -0.15) is 0 Å². The van der Waals surface area contributed by atoms with E-state index in [-0.39, 0.29) is 16.4 Å². The Morgan fingerprint density at radius 1 is 1.35 bits per heavy atom. The van der Waals surface area contributed by atoms with Crippen LogP contribution in [0.2, 0.25) is 5.02 Å². The number of carbonyl (C=O) groups excluding carboxylic acids is 2. The average Bonchev–Trinajstić information content (AvgIpc) is 3.01. The first-order chi connectivity index (χ1) is 12.3. The third kappa shape index (κ3) is 4.66. The van der Waals surface area contributed by atoms with Gasteiger partial charge < -0.3 is 24.1 Å². The van der Waals surface area contributed by atoms with Crippen LogP contribution in [0.5, 0.6) is 11.5 Å². The number of anilines is 1. The molecular weight excluding hydrogens is 364 g/mol. The van der Waals surface area contributed by atoms with Gasteiger partial charge in [-0.05, 0) is 32.9 Å². The Balaban J connectivity index is 2.08. The van der Waals surface area contributed by atoms with E-state index in [2.05, 4.69) is 10.5 Å². The standard InChI is InChI=1S/C17H19ClN2O6/c1-5-24-15-12(18)7-11(8-13(15)23-4)17(22)25-10(3)16(21)19-14-6-9(2)26-20-14/h6-8,10H,5H2,1-4H3,(H,19,20,21)/t10-/m0/s1. The normalized spacial score (nSPS) is 11.6. The van der Waals surface area contributed by atoms with Gasteiger partial charge in [-0.1, -0.05) is 16.8 Å². The second-order valence-electron chi connectivity index (χ2n) is 5.28. The first kappa shape index (κ1) is 19.6. The van der Waals surface area contributed by atoms with Crippen LogP contribution < -0.4 is 14.8 Å². The van der Waals surface area contributed by atoms with Crippen molar-refractivity contribution in [3.8, 4) is 11.5 Å². The highest BCUT2D eigenvalue weighted by Crippen LogP contribution is 2.36. The molecule has 1 atom stereocenters. The molecule has 1 aromatic carbocycles. The lowest BCUT2D eigenvalue weighted by Crippen LogP contribution is -2.30. The maximum atomic E-state index is 12.3. The number of nitrogens with zero attached hydrogens (tertiary/aromatic N) is 1. The third-order valence-electron chi connectivity index (χ3n) is 3.29. The van der Waals surface area contributed by atoms with Crippen molar-refractivity contribution < 1.29 is 28.3 Å². The van der Waals surface area contributed by atoms with Crippen LogP contribution in [0.3, 0.4) is 0 Å². The molecule has 1 amide bonds. The number of halogens is 1. The molecule has 2 aromatic rings. The molecule has 0 radical (unpaired) electrons. The number of carbonyl (C=O) groups is 2. The molecule has 0 unspecified atom stereocenters. The molecule has 2 rings (SSSR count). The van der Waals surface area contributed by atoms with Gasteiger partial charge in [0.25, 0.3) is 5.91 Å². The van der Waals surface area contributed by atoms with Gasteiger partial charge in [0.1, 0.15) is 5.76 Å². The molecule has 0 aliphatic carbocycles. The number of amides is 1. The van der Waals surface area contributed by atoms with E-state index < -0.39 is 18.0 Å². The minimum absolute atomic E-state index is 0.132. The molecule has 1 heterocycles. The Kier molecular flexibility index (Phi) is 6.46. The molecule has 9 heteroatoms. The summed E-state index contributed by atoms with van der Waals surface area (Å²) in [7, 11) is 1.43. The number of aryl methyl sites for hydroxylation is 1. The predicted octanol–water partition coefficient (Wildman–Crippen LogP) is 3.23. The van der Waals surface area contributed by atoms with Crippen molar-refractivity contribution in [2.75, 3.05) is 19.0 Å². The first-order valence-corrected chi connectivity index (χ1v) is 8.19. The third-order valence-corrected chi connectivity index (χ3v) is 3.57. The fraction of sp³-hybridized carbons (Fsp3) is 0.353. The number of benzene rings is 1. The van der Waals surface area contributed by atoms with E-state index in [4.69, 9.17) is 30.3 Å². The number of hydrogen-bond acceptors (Lipinski definition) is 7. The van der Waals surface area contributed by atoms with Gasteiger partial charge in [0, 0.05) is 6.07 Å². The lowest BCUT2D eigenvalue weighted by atomic mass is 10.2. The molecule has 140 valence electrons. The Labute approximate surface area is 155 Å². The molecule has 0 aliphatic heterocycles. The fourth-order valence-electron chi connectivity index (χ4n) is 2.06. The summed E-state index contributed by atoms with van der Waals surface area (Å²) in [5, 5.41) is 6.33. The molecule has 0 bridgehead atoms. The number of aromatic nitrogens is 1. The van der Waals surface area contributed by atoms with Crippen molar-refractivity contribution in [3.05, 3.63) is 34.5 Å². The van der Waals surface area contributed by atoms with E-state index in [1.807, 2.05) is 0 Å². The highest BCUT2D eigenvalue weighted by Gasteiger charge is 2.22. The Morgan fingerprint density at radius 2 is 2.08 bits per heavy atom. The number of rotatable bonds is 7. The van der Waals surface area contributed by atoms with Gasteiger partial charge in [0.2, 0.25) is 0 Å². The van der Waals surface area contributed by atoms with Crippen molar-refractivity contribution >= 4 is 29.3 Å². The number of hydrogen-bond donors (Lipinski definition) is 1. The average molecular weight is 383 g/mol. The number of ether oxygens (including phenoxy) is 3. The second kappa shape index (κ2) is 8.57. The summed E-state index contributed by atoms with van der Waals surface area (Å²) >= 11 is 6.13. The van der Waals surface area contributed by atoms with Crippen molar-refractivity contribution in [1.82, 2.24) is 5.16 Å². The maximum Gasteiger partial charge on any atom is 0.339 e. The largest absolute Gasteiger partial charge is 0.493 e. The van der Waals surface area contributed by atoms with E-state index in [0.29, 0.717) is 23.9 Å². The van der Waals surface area contributed by atoms with Crippen LogP contribution in [-0.2, 0) is 9.53 Å². The van der Waals surface area contributed by atoms with Crippen LogP contribution in [0.25, 0.3) is 0 Å². The lowest BCUT2D eigenvalue weighted by molar-refractivity contribution is -0.123. The zero-order valence-electron chi connectivity index (χ0n) is 14.8. The summed E-state index contributed by atoms with van der Waals surface area (Å²) in [6, 6.07) is 4.37. The van der Waals surface area contributed by atoms with Crippen LogP contribution in [0.1, 0.15) is 30.0 Å². The molecule has 0 fully saturated rings. The molecule has 26 heavy (non-hydrogen) atoms. The summed E-state index contributed by atoms with van der Waals surface area (Å²) in [6.07, 6.45) is -1.06. The number of methoxy groups -OCH3 is 1. The van der Waals surface area contributed by atoms with Gasteiger partial charge in [-0.15, -0.1) is 0 Å². The minimum Gasteiger partial charge on any atom is -0.493 e. The second-order valence-corrected chi connectivity index (χ2v) is 5.69. The summed E-state index contributed by atoms with van der Waals surface area (Å²) in [6.45, 7) is 5.32. The molecule has 0 saturated heterocycles. The minimum atomic E-state index is -1.06. The van der Waals surface area contributed by atoms with Crippen LogP contribution in [0.4, 0.5) is 5.82 Å². The van der Waals surface area contributed by atoms with Crippen LogP contribution in [-0.4, -0.2) is 36.9 Å². The highest BCUT2D eigenvalue weighted by atomic mass is 35.5. The van der Waals surface area contributed by atoms with Gasteiger partial charge in [-0.25, -0.2) is 4.79 Å². The lowest BCUT2D eigenvalue weighted by Gasteiger charge is -2.15. The van der Waals surface area contributed by atoms with Crippen molar-refractivity contribution in [2.24, 2.45) is 0 Å². The van der Waals surface area contributed by atoms with E-state index in [1.54, 1.807) is 19.9 Å². The monoisotopic (exact) mass is 382 g/mol. The number of nitrogens with one attached hydrogen (secondary N) is 1. The molecule has 0 saturated carbocycles. The highest BCUT2D eigenvalue weighted by molar-refractivity contribution is 6.32.